The van der Waals surface area contributed by atoms with Crippen LogP contribution in [-0.4, -0.2) is 53.8 Å². The van der Waals surface area contributed by atoms with Gasteiger partial charge in [-0.25, -0.2) is 0 Å². The lowest BCUT2D eigenvalue weighted by Gasteiger charge is -2.28. The van der Waals surface area contributed by atoms with Gasteiger partial charge in [0, 0.05) is 22.9 Å². The van der Waals surface area contributed by atoms with Gasteiger partial charge in [-0.3, -0.25) is 9.59 Å². The topological polar surface area (TPSA) is 74.0 Å². The number of nitrogens with zero attached hydrogens (tertiary/aromatic N) is 2. The molecular formula is C27H23BrN2O4. The molecule has 1 unspecified atom stereocenters. The molecule has 3 aromatic carbocycles. The summed E-state index contributed by atoms with van der Waals surface area (Å²) in [5, 5.41) is 13.6. The molecule has 0 saturated heterocycles. The number of fused-ring (bicyclic) bond motifs is 2. The molecule has 0 radical (unpaired) electrons. The van der Waals surface area contributed by atoms with Crippen LogP contribution in [0.25, 0.3) is 21.7 Å². The van der Waals surface area contributed by atoms with Gasteiger partial charge in [-0.2, -0.15) is 0 Å². The Labute approximate surface area is 205 Å². The Kier molecular flexibility index (Phi) is 5.75. The van der Waals surface area contributed by atoms with E-state index in [1.165, 1.54) is 0 Å². The lowest BCUT2D eigenvalue weighted by molar-refractivity contribution is -0.129. The molecule has 4 aromatic rings. The minimum Gasteiger partial charge on any atom is -0.503 e. The van der Waals surface area contributed by atoms with E-state index < -0.39 is 23.5 Å². The average Bonchev–Trinajstić information content (AvgIpc) is 3.35. The predicted octanol–water partition coefficient (Wildman–Crippen LogP) is 5.49. The Balaban J connectivity index is 1.66. The molecule has 1 aliphatic rings. The maximum atomic E-state index is 13.7. The number of Topliss-reactive ketones (excluding diaryl/α,β-unsaturated/α-hetero) is 1. The van der Waals surface area contributed by atoms with Crippen molar-refractivity contribution in [1.29, 1.82) is 0 Å². The summed E-state index contributed by atoms with van der Waals surface area (Å²) in [5.74, 6) is -1.49. The second-order valence-corrected chi connectivity index (χ2v) is 9.57. The minimum atomic E-state index is -0.731. The number of halogens is 1. The first kappa shape index (κ1) is 22.4. The van der Waals surface area contributed by atoms with E-state index in [1.54, 1.807) is 17.0 Å². The molecule has 0 spiro atoms. The van der Waals surface area contributed by atoms with Crippen LogP contribution < -0.4 is 0 Å². The predicted molar refractivity (Wildman–Crippen MR) is 135 cm³/mol. The number of aliphatic hydroxyl groups is 1. The zero-order chi connectivity index (χ0) is 24.0. The normalized spacial score (nSPS) is 16.4. The van der Waals surface area contributed by atoms with Crippen molar-refractivity contribution < 1.29 is 19.1 Å². The summed E-state index contributed by atoms with van der Waals surface area (Å²) in [6.45, 7) is 0.939. The van der Waals surface area contributed by atoms with Crippen LogP contribution in [0.2, 0.25) is 0 Å². The SMILES string of the molecule is CN(C)CCN1C(=O)C(O)=C(C(=O)c2cc3cc(Br)ccc3o2)C1c1cccc2ccccc12. The van der Waals surface area contributed by atoms with E-state index in [0.717, 1.165) is 26.2 Å². The van der Waals surface area contributed by atoms with Gasteiger partial charge in [0.05, 0.1) is 11.6 Å². The van der Waals surface area contributed by atoms with E-state index in [-0.39, 0.29) is 11.3 Å². The molecule has 0 fully saturated rings. The van der Waals surface area contributed by atoms with Gasteiger partial charge in [-0.05, 0) is 54.7 Å². The highest BCUT2D eigenvalue weighted by atomic mass is 79.9. The number of carbonyl (C=O) groups is 2. The molecular weight excluding hydrogens is 496 g/mol. The molecule has 1 aromatic heterocycles. The number of furan rings is 1. The lowest BCUT2D eigenvalue weighted by atomic mass is 9.91. The first-order chi connectivity index (χ1) is 16.3. The highest BCUT2D eigenvalue weighted by molar-refractivity contribution is 9.10. The van der Waals surface area contributed by atoms with Crippen molar-refractivity contribution in [3.63, 3.8) is 0 Å². The zero-order valence-electron chi connectivity index (χ0n) is 18.8. The third-order valence-corrected chi connectivity index (χ3v) is 6.65. The molecule has 0 aliphatic carbocycles. The quantitative estimate of drug-likeness (QED) is 0.341. The highest BCUT2D eigenvalue weighted by Crippen LogP contribution is 2.42. The Morgan fingerprint density at radius 2 is 1.82 bits per heavy atom. The summed E-state index contributed by atoms with van der Waals surface area (Å²) in [6.07, 6.45) is 0. The first-order valence-electron chi connectivity index (χ1n) is 11.0. The molecule has 6 nitrogen and oxygen atoms in total. The standard InChI is InChI=1S/C27H23BrN2O4/c1-29(2)12-13-30-24(20-9-5-7-16-6-3-4-8-19(16)20)23(26(32)27(30)33)25(31)22-15-17-14-18(28)10-11-21(17)34-22/h3-11,14-15,24,32H,12-13H2,1-2H3. The molecule has 1 amide bonds. The number of hydrogen-bond donors (Lipinski definition) is 1. The van der Waals surface area contributed by atoms with Crippen LogP contribution in [0.1, 0.15) is 22.2 Å². The molecule has 34 heavy (non-hydrogen) atoms. The van der Waals surface area contributed by atoms with E-state index in [9.17, 15) is 14.7 Å². The maximum Gasteiger partial charge on any atom is 0.290 e. The van der Waals surface area contributed by atoms with Gasteiger partial charge < -0.3 is 19.3 Å². The number of rotatable bonds is 6. The zero-order valence-corrected chi connectivity index (χ0v) is 20.4. The van der Waals surface area contributed by atoms with Crippen molar-refractivity contribution in [3.05, 3.63) is 93.9 Å². The number of likely N-dealkylation sites (N-methyl/N-ethyl adjacent to an activating group) is 1. The second-order valence-electron chi connectivity index (χ2n) is 8.66. The van der Waals surface area contributed by atoms with Gasteiger partial charge in [-0.1, -0.05) is 58.4 Å². The molecule has 5 rings (SSSR count). The highest BCUT2D eigenvalue weighted by Gasteiger charge is 2.44. The fourth-order valence-corrected chi connectivity index (χ4v) is 4.87. The fraction of sp³-hybridized carbons (Fsp3) is 0.185. The molecule has 7 heteroatoms. The maximum absolute atomic E-state index is 13.7. The van der Waals surface area contributed by atoms with Crippen molar-refractivity contribution >= 4 is 49.4 Å². The largest absolute Gasteiger partial charge is 0.503 e. The third-order valence-electron chi connectivity index (χ3n) is 6.16. The van der Waals surface area contributed by atoms with E-state index in [1.807, 2.05) is 73.6 Å². The summed E-state index contributed by atoms with van der Waals surface area (Å²) in [7, 11) is 3.83. The van der Waals surface area contributed by atoms with Crippen LogP contribution in [0.3, 0.4) is 0 Å². The number of ketones is 1. The Morgan fingerprint density at radius 1 is 1.06 bits per heavy atom. The van der Waals surface area contributed by atoms with Crippen molar-refractivity contribution in [2.24, 2.45) is 0 Å². The van der Waals surface area contributed by atoms with Gasteiger partial charge in [0.15, 0.2) is 11.5 Å². The average molecular weight is 519 g/mol. The van der Waals surface area contributed by atoms with Crippen LogP contribution >= 0.6 is 15.9 Å². The van der Waals surface area contributed by atoms with Gasteiger partial charge in [0.2, 0.25) is 5.78 Å². The van der Waals surface area contributed by atoms with E-state index >= 15 is 0 Å². The minimum absolute atomic E-state index is 0.0400. The molecule has 2 heterocycles. The van der Waals surface area contributed by atoms with Gasteiger partial charge in [0.1, 0.15) is 5.58 Å². The van der Waals surface area contributed by atoms with Crippen molar-refractivity contribution in [1.82, 2.24) is 9.80 Å². The smallest absolute Gasteiger partial charge is 0.290 e. The number of benzene rings is 3. The Morgan fingerprint density at radius 3 is 2.62 bits per heavy atom. The summed E-state index contributed by atoms with van der Waals surface area (Å²) >= 11 is 3.43. The molecule has 1 N–H and O–H groups in total. The van der Waals surface area contributed by atoms with Crippen LogP contribution in [-0.2, 0) is 4.79 Å². The molecule has 0 bridgehead atoms. The van der Waals surface area contributed by atoms with Crippen molar-refractivity contribution in [2.45, 2.75) is 6.04 Å². The molecule has 172 valence electrons. The Bertz CT molecular complexity index is 1460. The van der Waals surface area contributed by atoms with E-state index in [0.29, 0.717) is 18.7 Å². The van der Waals surface area contributed by atoms with Gasteiger partial charge in [0.25, 0.3) is 5.91 Å². The van der Waals surface area contributed by atoms with Crippen LogP contribution in [0.15, 0.2) is 87.0 Å². The summed E-state index contributed by atoms with van der Waals surface area (Å²) in [4.78, 5) is 30.5. The van der Waals surface area contributed by atoms with Crippen LogP contribution in [0, 0.1) is 0 Å². The Hall–Kier alpha value is -3.42. The van der Waals surface area contributed by atoms with Gasteiger partial charge >= 0.3 is 0 Å². The van der Waals surface area contributed by atoms with Crippen molar-refractivity contribution in [3.8, 4) is 0 Å². The first-order valence-corrected chi connectivity index (χ1v) is 11.7. The van der Waals surface area contributed by atoms with Crippen LogP contribution in [0.4, 0.5) is 0 Å². The van der Waals surface area contributed by atoms with Crippen molar-refractivity contribution in [2.75, 3.05) is 27.2 Å². The van der Waals surface area contributed by atoms with E-state index in [4.69, 9.17) is 4.42 Å². The number of aliphatic hydroxyl groups excluding tert-OH is 1. The summed E-state index contributed by atoms with van der Waals surface area (Å²) in [6, 6.07) is 20.0. The summed E-state index contributed by atoms with van der Waals surface area (Å²) in [5.41, 5.74) is 1.39. The number of carbonyl (C=O) groups excluding carboxylic acids is 2. The fourth-order valence-electron chi connectivity index (χ4n) is 4.50. The third kappa shape index (κ3) is 3.81. The van der Waals surface area contributed by atoms with Crippen LogP contribution in [0.5, 0.6) is 0 Å². The lowest BCUT2D eigenvalue weighted by Crippen LogP contribution is -2.36. The second kappa shape index (κ2) is 8.74. The van der Waals surface area contributed by atoms with Gasteiger partial charge in [-0.15, -0.1) is 0 Å². The van der Waals surface area contributed by atoms with E-state index in [2.05, 4.69) is 15.9 Å². The molecule has 1 atom stereocenters. The monoisotopic (exact) mass is 518 g/mol. The summed E-state index contributed by atoms with van der Waals surface area (Å²) < 4.78 is 6.69. The molecule has 0 saturated carbocycles. The number of hydrogen-bond acceptors (Lipinski definition) is 5. The molecule has 1 aliphatic heterocycles. The number of amides is 1.